The number of aromatic hydroxyl groups is 2. The van der Waals surface area contributed by atoms with Gasteiger partial charge in [0.1, 0.15) is 18.7 Å². The van der Waals surface area contributed by atoms with E-state index >= 15 is 0 Å². The van der Waals surface area contributed by atoms with E-state index in [9.17, 15) is 25.2 Å². The molecule has 1 aliphatic carbocycles. The van der Waals surface area contributed by atoms with Crippen LogP contribution in [0.1, 0.15) is 44.6 Å². The van der Waals surface area contributed by atoms with E-state index in [2.05, 4.69) is 10.6 Å². The van der Waals surface area contributed by atoms with Gasteiger partial charge >= 0.3 is 0 Å². The van der Waals surface area contributed by atoms with Crippen LogP contribution in [0.25, 0.3) is 10.8 Å². The lowest BCUT2D eigenvalue weighted by atomic mass is 9.87. The van der Waals surface area contributed by atoms with Crippen molar-refractivity contribution >= 4 is 22.7 Å². The molecular formula is C20H27N3O5. The molecule has 28 heavy (non-hydrogen) atoms. The normalized spacial score (nSPS) is 31.0. The SMILES string of the molecule is O=CC1CCC(Nc2ccc3c(O)n(C4CCC(O)NC4O)c(O)c3c2)CC1. The first-order chi connectivity index (χ1) is 13.5. The first kappa shape index (κ1) is 19.0. The predicted molar refractivity (Wildman–Crippen MR) is 104 cm³/mol. The zero-order valence-corrected chi connectivity index (χ0v) is 15.6. The molecule has 1 saturated heterocycles. The van der Waals surface area contributed by atoms with Gasteiger partial charge in [-0.25, -0.2) is 0 Å². The Labute approximate surface area is 162 Å². The van der Waals surface area contributed by atoms with Gasteiger partial charge < -0.3 is 30.5 Å². The Hall–Kier alpha value is -2.29. The van der Waals surface area contributed by atoms with Crippen molar-refractivity contribution < 1.29 is 25.2 Å². The minimum atomic E-state index is -1.08. The molecular weight excluding hydrogens is 362 g/mol. The van der Waals surface area contributed by atoms with Gasteiger partial charge in [-0.3, -0.25) is 9.88 Å². The van der Waals surface area contributed by atoms with Gasteiger partial charge in [-0.1, -0.05) is 0 Å². The van der Waals surface area contributed by atoms with Crippen LogP contribution in [0, 0.1) is 5.92 Å². The number of carbonyl (C=O) groups excluding carboxylic acids is 1. The van der Waals surface area contributed by atoms with Crippen molar-refractivity contribution in [3.63, 3.8) is 0 Å². The van der Waals surface area contributed by atoms with Gasteiger partial charge in [0.15, 0.2) is 0 Å². The van der Waals surface area contributed by atoms with E-state index in [0.717, 1.165) is 37.7 Å². The third-order valence-corrected chi connectivity index (χ3v) is 6.09. The van der Waals surface area contributed by atoms with Crippen molar-refractivity contribution in [2.24, 2.45) is 5.92 Å². The minimum Gasteiger partial charge on any atom is -0.494 e. The smallest absolute Gasteiger partial charge is 0.202 e. The molecule has 0 amide bonds. The second-order valence-corrected chi connectivity index (χ2v) is 7.94. The number of nitrogens with one attached hydrogen (secondary N) is 2. The molecule has 2 aromatic rings. The zero-order valence-electron chi connectivity index (χ0n) is 15.6. The molecule has 3 atom stereocenters. The summed E-state index contributed by atoms with van der Waals surface area (Å²) in [5.41, 5.74) is 0.840. The largest absolute Gasteiger partial charge is 0.494 e. The van der Waals surface area contributed by atoms with Crippen LogP contribution in [-0.4, -0.2) is 49.8 Å². The van der Waals surface area contributed by atoms with E-state index in [1.807, 2.05) is 6.07 Å². The number of aliphatic hydroxyl groups excluding tert-OH is 2. The quantitative estimate of drug-likeness (QED) is 0.440. The van der Waals surface area contributed by atoms with E-state index < -0.39 is 18.5 Å². The number of carbonyl (C=O) groups is 1. The van der Waals surface area contributed by atoms with Gasteiger partial charge in [0.05, 0.1) is 6.04 Å². The average molecular weight is 389 g/mol. The summed E-state index contributed by atoms with van der Waals surface area (Å²) in [6, 6.07) is 5.10. The zero-order chi connectivity index (χ0) is 19.8. The second-order valence-electron chi connectivity index (χ2n) is 7.94. The Morgan fingerprint density at radius 2 is 1.71 bits per heavy atom. The summed E-state index contributed by atoms with van der Waals surface area (Å²) in [5, 5.41) is 48.3. The Morgan fingerprint density at radius 1 is 1.00 bits per heavy atom. The maximum Gasteiger partial charge on any atom is 0.202 e. The van der Waals surface area contributed by atoms with Crippen LogP contribution in [0.2, 0.25) is 0 Å². The summed E-state index contributed by atoms with van der Waals surface area (Å²) >= 11 is 0. The lowest BCUT2D eigenvalue weighted by Gasteiger charge is -2.33. The number of benzene rings is 1. The number of fused-ring (bicyclic) bond motifs is 1. The highest BCUT2D eigenvalue weighted by molar-refractivity contribution is 5.95. The van der Waals surface area contributed by atoms with Crippen molar-refractivity contribution in [3.8, 4) is 11.8 Å². The molecule has 2 heterocycles. The summed E-state index contributed by atoms with van der Waals surface area (Å²) in [6.07, 6.45) is 3.59. The summed E-state index contributed by atoms with van der Waals surface area (Å²) in [7, 11) is 0. The summed E-state index contributed by atoms with van der Waals surface area (Å²) in [4.78, 5) is 10.9. The second kappa shape index (κ2) is 7.62. The van der Waals surface area contributed by atoms with Crippen LogP contribution >= 0.6 is 0 Å². The molecule has 8 nitrogen and oxygen atoms in total. The number of aldehydes is 1. The number of aromatic nitrogens is 1. The average Bonchev–Trinajstić information content (AvgIpc) is 2.93. The van der Waals surface area contributed by atoms with Crippen molar-refractivity contribution in [2.75, 3.05) is 5.32 Å². The Balaban J connectivity index is 1.58. The van der Waals surface area contributed by atoms with E-state index in [-0.39, 0.29) is 23.7 Å². The van der Waals surface area contributed by atoms with Gasteiger partial charge in [-0.15, -0.1) is 0 Å². The fourth-order valence-corrected chi connectivity index (χ4v) is 4.47. The first-order valence-electron chi connectivity index (χ1n) is 9.87. The molecule has 3 unspecified atom stereocenters. The van der Waals surface area contributed by atoms with Gasteiger partial charge in [0.2, 0.25) is 11.8 Å². The standard InChI is InChI=1S/C20H27N3O5/c24-10-11-1-3-12(4-2-11)21-13-5-6-14-15(9-13)20(28)23(19(14)27)16-7-8-17(25)22-18(16)26/h5-6,9-12,16-18,21-22,25-28H,1-4,7-8H2. The fraction of sp³-hybridized carbons (Fsp3) is 0.550. The van der Waals surface area contributed by atoms with Gasteiger partial charge in [-0.05, 0) is 56.7 Å². The molecule has 8 heteroatoms. The van der Waals surface area contributed by atoms with Crippen LogP contribution in [0.5, 0.6) is 11.8 Å². The van der Waals surface area contributed by atoms with Crippen molar-refractivity contribution in [1.82, 2.24) is 9.88 Å². The molecule has 1 aromatic carbocycles. The van der Waals surface area contributed by atoms with E-state index in [4.69, 9.17) is 0 Å². The topological polar surface area (TPSA) is 127 Å². The molecule has 4 rings (SSSR count). The van der Waals surface area contributed by atoms with Gasteiger partial charge in [0.25, 0.3) is 0 Å². The molecule has 6 N–H and O–H groups in total. The molecule has 1 aromatic heterocycles. The number of piperidine rings is 1. The molecule has 0 radical (unpaired) electrons. The monoisotopic (exact) mass is 389 g/mol. The number of hydrogen-bond acceptors (Lipinski definition) is 7. The maximum absolute atomic E-state index is 10.9. The van der Waals surface area contributed by atoms with Crippen LogP contribution in [-0.2, 0) is 4.79 Å². The molecule has 0 spiro atoms. The molecule has 152 valence electrons. The highest BCUT2D eigenvalue weighted by atomic mass is 16.3. The Morgan fingerprint density at radius 3 is 2.39 bits per heavy atom. The first-order valence-corrected chi connectivity index (χ1v) is 9.87. The van der Waals surface area contributed by atoms with Gasteiger partial charge in [0, 0.05) is 28.4 Å². The van der Waals surface area contributed by atoms with Crippen molar-refractivity contribution in [3.05, 3.63) is 18.2 Å². The number of nitrogens with zero attached hydrogens (tertiary/aromatic N) is 1. The maximum atomic E-state index is 10.9. The minimum absolute atomic E-state index is 0.104. The van der Waals surface area contributed by atoms with Crippen molar-refractivity contribution in [1.29, 1.82) is 0 Å². The van der Waals surface area contributed by atoms with Crippen LogP contribution in [0.4, 0.5) is 5.69 Å². The molecule has 0 bridgehead atoms. The highest BCUT2D eigenvalue weighted by Gasteiger charge is 2.33. The molecule has 2 aliphatic rings. The lowest BCUT2D eigenvalue weighted by molar-refractivity contribution is -0.111. The summed E-state index contributed by atoms with van der Waals surface area (Å²) in [6.45, 7) is 0. The predicted octanol–water partition coefficient (Wildman–Crippen LogP) is 1.78. The fourth-order valence-electron chi connectivity index (χ4n) is 4.47. The van der Waals surface area contributed by atoms with E-state index in [1.165, 1.54) is 4.57 Å². The molecule has 1 saturated carbocycles. The van der Waals surface area contributed by atoms with E-state index in [1.54, 1.807) is 12.1 Å². The van der Waals surface area contributed by atoms with Crippen LogP contribution in [0.15, 0.2) is 18.2 Å². The van der Waals surface area contributed by atoms with Crippen LogP contribution in [0.3, 0.4) is 0 Å². The van der Waals surface area contributed by atoms with Gasteiger partial charge in [-0.2, -0.15) is 0 Å². The number of aliphatic hydroxyl groups is 2. The van der Waals surface area contributed by atoms with Crippen LogP contribution < -0.4 is 10.6 Å². The number of hydrogen-bond donors (Lipinski definition) is 6. The third kappa shape index (κ3) is 3.43. The molecule has 1 aliphatic heterocycles. The highest BCUT2D eigenvalue weighted by Crippen LogP contribution is 2.42. The lowest BCUT2D eigenvalue weighted by Crippen LogP contribution is -2.47. The number of rotatable bonds is 4. The number of anilines is 1. The van der Waals surface area contributed by atoms with Crippen molar-refractivity contribution in [2.45, 2.75) is 63.1 Å². The van der Waals surface area contributed by atoms with E-state index in [0.29, 0.717) is 23.6 Å². The summed E-state index contributed by atoms with van der Waals surface area (Å²) in [5.74, 6) is -0.0552. The third-order valence-electron chi connectivity index (χ3n) is 6.09. The summed E-state index contributed by atoms with van der Waals surface area (Å²) < 4.78 is 1.33. The Kier molecular flexibility index (Phi) is 5.18. The molecule has 2 fully saturated rings. The Bertz CT molecular complexity index is 859.